The number of halogens is 1. The van der Waals surface area contributed by atoms with Crippen molar-refractivity contribution in [3.63, 3.8) is 0 Å². The second-order valence-corrected chi connectivity index (χ2v) is 13.5. The Bertz CT molecular complexity index is 1530. The normalized spacial score (nSPS) is 15.3. The molecular formula is C42H47BrO4. The summed E-state index contributed by atoms with van der Waals surface area (Å²) >= 11 is 3.18. The quantitative estimate of drug-likeness (QED) is 0.116. The molecule has 47 heavy (non-hydrogen) atoms. The highest BCUT2D eigenvalue weighted by atomic mass is 79.9. The van der Waals surface area contributed by atoms with Gasteiger partial charge in [0.05, 0.1) is 5.33 Å². The van der Waals surface area contributed by atoms with Crippen molar-refractivity contribution in [2.75, 3.05) is 5.33 Å². The third-order valence-corrected chi connectivity index (χ3v) is 9.99. The minimum atomic E-state index is 0.0786. The Balaban J connectivity index is 0.000000185. The maximum Gasteiger partial charge on any atom is 0.173 e. The second-order valence-electron chi connectivity index (χ2n) is 12.9. The molecule has 0 spiro atoms. The molecule has 4 nitrogen and oxygen atoms in total. The zero-order valence-electron chi connectivity index (χ0n) is 27.6. The number of Topliss-reactive ketones (excluding diaryl/α,β-unsaturated/α-hetero) is 2. The largest absolute Gasteiger partial charge is 0.489 e. The average Bonchev–Trinajstić information content (AvgIpc) is 3.14. The van der Waals surface area contributed by atoms with Crippen LogP contribution in [0.4, 0.5) is 0 Å². The molecule has 0 aromatic heterocycles. The third-order valence-electron chi connectivity index (χ3n) is 9.48. The molecule has 0 atom stereocenters. The first-order valence-corrected chi connectivity index (χ1v) is 18.3. The van der Waals surface area contributed by atoms with Crippen molar-refractivity contribution in [1.82, 2.24) is 0 Å². The Morgan fingerprint density at radius 1 is 0.553 bits per heavy atom. The molecule has 2 saturated carbocycles. The molecule has 0 bridgehead atoms. The summed E-state index contributed by atoms with van der Waals surface area (Å²) in [6, 6.07) is 32.4. The van der Waals surface area contributed by atoms with E-state index in [1.54, 1.807) is 6.92 Å². The summed E-state index contributed by atoms with van der Waals surface area (Å²) in [7, 11) is 0. The van der Waals surface area contributed by atoms with Gasteiger partial charge in [-0.05, 0) is 115 Å². The number of hydrogen-bond acceptors (Lipinski definition) is 4. The third kappa shape index (κ3) is 10.7. The number of carbonyl (C=O) groups is 2. The van der Waals surface area contributed by atoms with Gasteiger partial charge in [-0.25, -0.2) is 0 Å². The van der Waals surface area contributed by atoms with E-state index in [2.05, 4.69) is 64.5 Å². The fraction of sp³-hybridized carbons (Fsp3) is 0.381. The Labute approximate surface area is 289 Å². The van der Waals surface area contributed by atoms with E-state index in [1.807, 2.05) is 48.5 Å². The molecule has 5 heteroatoms. The van der Waals surface area contributed by atoms with E-state index in [-0.39, 0.29) is 11.6 Å². The summed E-state index contributed by atoms with van der Waals surface area (Å²) in [5, 5.41) is 0.348. The van der Waals surface area contributed by atoms with Crippen molar-refractivity contribution in [2.45, 2.75) is 96.2 Å². The molecule has 0 unspecified atom stereocenters. The first kappa shape index (κ1) is 34.6. The van der Waals surface area contributed by atoms with Gasteiger partial charge >= 0.3 is 0 Å². The molecular weight excluding hydrogens is 648 g/mol. The lowest BCUT2D eigenvalue weighted by Gasteiger charge is -2.22. The van der Waals surface area contributed by atoms with Crippen LogP contribution in [0.5, 0.6) is 11.5 Å². The van der Waals surface area contributed by atoms with Crippen LogP contribution < -0.4 is 9.47 Å². The lowest BCUT2D eigenvalue weighted by Crippen LogP contribution is -2.04. The van der Waals surface area contributed by atoms with Crippen LogP contribution in [-0.4, -0.2) is 16.9 Å². The molecule has 2 fully saturated rings. The summed E-state index contributed by atoms with van der Waals surface area (Å²) in [4.78, 5) is 22.8. The minimum Gasteiger partial charge on any atom is -0.489 e. The number of ether oxygens (including phenoxy) is 2. The summed E-state index contributed by atoms with van der Waals surface area (Å²) in [5.74, 6) is 3.24. The number of hydrogen-bond donors (Lipinski definition) is 0. The van der Waals surface area contributed by atoms with E-state index in [4.69, 9.17) is 9.47 Å². The number of benzene rings is 4. The van der Waals surface area contributed by atoms with Gasteiger partial charge in [0.1, 0.15) is 24.7 Å². The lowest BCUT2D eigenvalue weighted by atomic mass is 9.84. The fourth-order valence-electron chi connectivity index (χ4n) is 6.58. The predicted octanol–water partition coefficient (Wildman–Crippen LogP) is 11.4. The highest BCUT2D eigenvalue weighted by Crippen LogP contribution is 2.33. The van der Waals surface area contributed by atoms with Gasteiger partial charge < -0.3 is 9.47 Å². The van der Waals surface area contributed by atoms with Gasteiger partial charge in [-0.2, -0.15) is 0 Å². The van der Waals surface area contributed by atoms with Crippen molar-refractivity contribution in [2.24, 2.45) is 0 Å². The summed E-state index contributed by atoms with van der Waals surface area (Å²) < 4.78 is 11.6. The van der Waals surface area contributed by atoms with E-state index >= 15 is 0 Å². The summed E-state index contributed by atoms with van der Waals surface area (Å²) in [6.07, 6.45) is 13.6. The second kappa shape index (κ2) is 18.0. The molecule has 0 heterocycles. The van der Waals surface area contributed by atoms with Crippen molar-refractivity contribution < 1.29 is 19.1 Å². The molecule has 0 amide bonds. The van der Waals surface area contributed by atoms with Crippen LogP contribution in [0.15, 0.2) is 97.1 Å². The van der Waals surface area contributed by atoms with Gasteiger partial charge in [0.2, 0.25) is 0 Å². The van der Waals surface area contributed by atoms with E-state index in [1.165, 1.54) is 86.5 Å². The van der Waals surface area contributed by atoms with Crippen LogP contribution in [0.2, 0.25) is 0 Å². The molecule has 0 radical (unpaired) electrons. The summed E-state index contributed by atoms with van der Waals surface area (Å²) in [6.45, 7) is 2.69. The van der Waals surface area contributed by atoms with Gasteiger partial charge in [0.25, 0.3) is 0 Å². The number of ketones is 2. The van der Waals surface area contributed by atoms with Crippen LogP contribution in [0.1, 0.15) is 126 Å². The van der Waals surface area contributed by atoms with Gasteiger partial charge in [-0.15, -0.1) is 0 Å². The Kier molecular flexibility index (Phi) is 13.3. The van der Waals surface area contributed by atoms with E-state index in [9.17, 15) is 9.59 Å². The maximum absolute atomic E-state index is 11.6. The Morgan fingerprint density at radius 3 is 1.30 bits per heavy atom. The lowest BCUT2D eigenvalue weighted by molar-refractivity contribution is 0.101. The average molecular weight is 696 g/mol. The molecule has 2 aliphatic carbocycles. The van der Waals surface area contributed by atoms with Crippen molar-refractivity contribution in [1.29, 1.82) is 0 Å². The summed E-state index contributed by atoms with van der Waals surface area (Å²) in [5.41, 5.74) is 6.72. The molecule has 4 aromatic rings. The fourth-order valence-corrected chi connectivity index (χ4v) is 6.90. The molecule has 0 aliphatic heterocycles. The molecule has 0 saturated heterocycles. The van der Waals surface area contributed by atoms with Crippen molar-refractivity contribution in [3.8, 4) is 11.5 Å². The molecule has 2 aliphatic rings. The topological polar surface area (TPSA) is 52.6 Å². The van der Waals surface area contributed by atoms with Crippen molar-refractivity contribution in [3.05, 3.63) is 130 Å². The van der Waals surface area contributed by atoms with Gasteiger partial charge in [0, 0.05) is 11.1 Å². The highest BCUT2D eigenvalue weighted by molar-refractivity contribution is 9.09. The Morgan fingerprint density at radius 2 is 0.936 bits per heavy atom. The predicted molar refractivity (Wildman–Crippen MR) is 194 cm³/mol. The zero-order valence-corrected chi connectivity index (χ0v) is 29.2. The highest BCUT2D eigenvalue weighted by Gasteiger charge is 2.16. The molecule has 6 rings (SSSR count). The van der Waals surface area contributed by atoms with Gasteiger partial charge in [-0.1, -0.05) is 103 Å². The van der Waals surface area contributed by atoms with Gasteiger partial charge in [0.15, 0.2) is 11.6 Å². The zero-order chi connectivity index (χ0) is 32.8. The van der Waals surface area contributed by atoms with Gasteiger partial charge in [-0.3, -0.25) is 9.59 Å². The number of carbonyl (C=O) groups excluding carboxylic acids is 2. The number of rotatable bonds is 11. The first-order chi connectivity index (χ1) is 23.0. The van der Waals surface area contributed by atoms with E-state index < -0.39 is 0 Å². The van der Waals surface area contributed by atoms with Crippen LogP contribution in [-0.2, 0) is 13.2 Å². The Hall–Kier alpha value is -3.70. The monoisotopic (exact) mass is 694 g/mol. The van der Waals surface area contributed by atoms with Crippen LogP contribution in [0.3, 0.4) is 0 Å². The minimum absolute atomic E-state index is 0.0786. The van der Waals surface area contributed by atoms with Crippen molar-refractivity contribution >= 4 is 27.5 Å². The van der Waals surface area contributed by atoms with Crippen LogP contribution in [0.25, 0.3) is 0 Å². The number of alkyl halides is 1. The first-order valence-electron chi connectivity index (χ1n) is 17.2. The SMILES string of the molecule is CC(=O)c1ccc(OCc2ccc(C3CCCCC3)cc2)cc1.O=C(CBr)c1ccc(OCc2ccc(C3CCCCC3)cc2)cc1. The molecule has 0 N–H and O–H groups in total. The van der Waals surface area contributed by atoms with E-state index in [0.717, 1.165) is 23.3 Å². The maximum atomic E-state index is 11.6. The van der Waals surface area contributed by atoms with Crippen LogP contribution >= 0.6 is 15.9 Å². The molecule has 246 valence electrons. The van der Waals surface area contributed by atoms with E-state index in [0.29, 0.717) is 29.7 Å². The molecule has 4 aromatic carbocycles. The van der Waals surface area contributed by atoms with Crippen LogP contribution in [0, 0.1) is 0 Å². The smallest absolute Gasteiger partial charge is 0.173 e. The standard InChI is InChI=1S/C21H23BrO2.C21H24O2/c22-14-21(23)19-10-12-20(13-11-19)24-15-16-6-8-18(9-7-16)17-4-2-1-3-5-17;1-16(22)18-11-13-21(14-12-18)23-15-17-7-9-20(10-8-17)19-5-3-2-4-6-19/h6-13,17H,1-5,14-15H2;7-14,19H,2-6,15H2,1H3.